The van der Waals surface area contributed by atoms with Crippen LogP contribution in [-0.4, -0.2) is 48.0 Å². The Morgan fingerprint density at radius 2 is 2.22 bits per heavy atom. The quantitative estimate of drug-likeness (QED) is 0.750. The van der Waals surface area contributed by atoms with Crippen LogP contribution in [0.2, 0.25) is 0 Å². The number of hydrogen-bond acceptors (Lipinski definition) is 5. The normalized spacial score (nSPS) is 22.7. The molecule has 2 unspecified atom stereocenters. The molecule has 1 fully saturated rings. The molecule has 5 heteroatoms. The van der Waals surface area contributed by atoms with E-state index in [-0.39, 0.29) is 24.7 Å². The third-order valence-corrected chi connectivity index (χ3v) is 3.23. The van der Waals surface area contributed by atoms with Crippen molar-refractivity contribution in [2.75, 3.05) is 19.8 Å². The van der Waals surface area contributed by atoms with Crippen LogP contribution >= 0.6 is 0 Å². The molecule has 0 aromatic carbocycles. The summed E-state index contributed by atoms with van der Waals surface area (Å²) in [6, 6.07) is 0.0707. The highest BCUT2D eigenvalue weighted by Crippen LogP contribution is 2.23. The number of carbonyl (C=O) groups is 1. The van der Waals surface area contributed by atoms with Crippen molar-refractivity contribution >= 4 is 5.97 Å². The number of hydroxylamine groups is 2. The molecule has 1 rings (SSSR count). The second-order valence-corrected chi connectivity index (χ2v) is 4.53. The summed E-state index contributed by atoms with van der Waals surface area (Å²) >= 11 is 0. The zero-order valence-corrected chi connectivity index (χ0v) is 11.4. The molecule has 0 spiro atoms. The molecule has 106 valence electrons. The van der Waals surface area contributed by atoms with E-state index in [2.05, 4.69) is 0 Å². The summed E-state index contributed by atoms with van der Waals surface area (Å²) in [6.45, 7) is 5.18. The Balaban J connectivity index is 2.63. The topological polar surface area (TPSA) is 59.0 Å². The monoisotopic (exact) mass is 259 g/mol. The minimum atomic E-state index is -0.207. The van der Waals surface area contributed by atoms with E-state index >= 15 is 0 Å². The molecule has 0 aromatic heterocycles. The van der Waals surface area contributed by atoms with Crippen LogP contribution < -0.4 is 0 Å². The van der Waals surface area contributed by atoms with Crippen molar-refractivity contribution in [3.05, 3.63) is 0 Å². The van der Waals surface area contributed by atoms with Crippen molar-refractivity contribution in [3.8, 4) is 0 Å². The lowest BCUT2D eigenvalue weighted by Gasteiger charge is -2.38. The third kappa shape index (κ3) is 4.55. The minimum absolute atomic E-state index is 0.0649. The highest BCUT2D eigenvalue weighted by molar-refractivity contribution is 5.68. The Bertz CT molecular complexity index is 241. The summed E-state index contributed by atoms with van der Waals surface area (Å²) in [5.74, 6) is -0.207. The number of ether oxygens (including phenoxy) is 1. The second kappa shape index (κ2) is 8.45. The summed E-state index contributed by atoms with van der Waals surface area (Å²) < 4.78 is 5.67. The van der Waals surface area contributed by atoms with E-state index in [9.17, 15) is 4.79 Å². The van der Waals surface area contributed by atoms with Gasteiger partial charge in [-0.1, -0.05) is 13.3 Å². The zero-order valence-electron chi connectivity index (χ0n) is 11.4. The Kier molecular flexibility index (Phi) is 7.23. The maximum atomic E-state index is 11.4. The maximum Gasteiger partial charge on any atom is 0.324 e. The van der Waals surface area contributed by atoms with Gasteiger partial charge in [0.2, 0.25) is 0 Å². The van der Waals surface area contributed by atoms with Gasteiger partial charge in [-0.3, -0.25) is 4.79 Å². The fourth-order valence-corrected chi connectivity index (χ4v) is 2.34. The molecule has 1 saturated heterocycles. The van der Waals surface area contributed by atoms with Crippen molar-refractivity contribution in [2.45, 2.75) is 58.1 Å². The van der Waals surface area contributed by atoms with Gasteiger partial charge in [0.1, 0.15) is 0 Å². The molecule has 0 aromatic rings. The van der Waals surface area contributed by atoms with E-state index in [4.69, 9.17) is 14.7 Å². The molecule has 0 saturated carbocycles. The van der Waals surface area contributed by atoms with Crippen molar-refractivity contribution in [3.63, 3.8) is 0 Å². The Labute approximate surface area is 109 Å². The molecular formula is C13H25NO4. The predicted octanol–water partition coefficient (Wildman–Crippen LogP) is 1.50. The highest BCUT2D eigenvalue weighted by Gasteiger charge is 2.32. The van der Waals surface area contributed by atoms with Gasteiger partial charge in [-0.25, -0.2) is 0 Å². The third-order valence-electron chi connectivity index (χ3n) is 3.23. The lowest BCUT2D eigenvalue weighted by molar-refractivity contribution is -0.222. The molecule has 2 atom stereocenters. The van der Waals surface area contributed by atoms with Gasteiger partial charge in [-0.15, -0.1) is 5.06 Å². The molecule has 0 bridgehead atoms. The number of hydrogen-bond donors (Lipinski definition) is 1. The van der Waals surface area contributed by atoms with E-state index in [1.54, 1.807) is 12.0 Å². The van der Waals surface area contributed by atoms with Crippen molar-refractivity contribution in [1.82, 2.24) is 5.06 Å². The molecule has 1 N–H and O–H groups in total. The van der Waals surface area contributed by atoms with Gasteiger partial charge in [-0.05, 0) is 26.2 Å². The molecule has 1 aliphatic rings. The van der Waals surface area contributed by atoms with Crippen molar-refractivity contribution in [1.29, 1.82) is 0 Å². The second-order valence-electron chi connectivity index (χ2n) is 4.53. The maximum absolute atomic E-state index is 11.4. The first kappa shape index (κ1) is 15.4. The van der Waals surface area contributed by atoms with E-state index in [1.807, 2.05) is 6.92 Å². The first-order chi connectivity index (χ1) is 8.72. The van der Waals surface area contributed by atoms with Crippen LogP contribution in [0.1, 0.15) is 46.0 Å². The predicted molar refractivity (Wildman–Crippen MR) is 67.8 cm³/mol. The largest absolute Gasteiger partial charge is 0.396 e. The number of nitrogens with zero attached hydrogens (tertiary/aromatic N) is 1. The average Bonchev–Trinajstić information content (AvgIpc) is 2.39. The highest BCUT2D eigenvalue weighted by atomic mass is 16.7. The van der Waals surface area contributed by atoms with Crippen LogP contribution in [-0.2, 0) is 14.4 Å². The van der Waals surface area contributed by atoms with Gasteiger partial charge in [0.05, 0.1) is 12.1 Å². The van der Waals surface area contributed by atoms with Gasteiger partial charge in [-0.2, -0.15) is 0 Å². The molecule has 0 radical (unpaired) electrons. The number of aliphatic hydroxyl groups is 1. The SMILES string of the molecule is CCOC(CCO)C1CCCCN1OC(=O)CC. The van der Waals surface area contributed by atoms with E-state index in [0.717, 1.165) is 25.8 Å². The lowest BCUT2D eigenvalue weighted by atomic mass is 9.97. The van der Waals surface area contributed by atoms with Crippen LogP contribution in [0.25, 0.3) is 0 Å². The van der Waals surface area contributed by atoms with Gasteiger partial charge < -0.3 is 14.7 Å². The summed E-state index contributed by atoms with van der Waals surface area (Å²) in [6.07, 6.45) is 3.98. The van der Waals surface area contributed by atoms with Gasteiger partial charge in [0.25, 0.3) is 0 Å². The fraction of sp³-hybridized carbons (Fsp3) is 0.923. The average molecular weight is 259 g/mol. The van der Waals surface area contributed by atoms with Crippen molar-refractivity contribution in [2.24, 2.45) is 0 Å². The summed E-state index contributed by atoms with van der Waals surface area (Å²) in [5.41, 5.74) is 0. The molecule has 1 heterocycles. The Hall–Kier alpha value is -0.650. The van der Waals surface area contributed by atoms with Crippen LogP contribution in [0.15, 0.2) is 0 Å². The van der Waals surface area contributed by atoms with Crippen LogP contribution in [0, 0.1) is 0 Å². The Morgan fingerprint density at radius 3 is 2.83 bits per heavy atom. The number of piperidine rings is 1. The molecule has 0 amide bonds. The summed E-state index contributed by atoms with van der Waals surface area (Å²) in [4.78, 5) is 16.8. The molecular weight excluding hydrogens is 234 g/mol. The van der Waals surface area contributed by atoms with E-state index in [0.29, 0.717) is 19.4 Å². The van der Waals surface area contributed by atoms with Gasteiger partial charge in [0.15, 0.2) is 0 Å². The van der Waals surface area contributed by atoms with Gasteiger partial charge in [0, 0.05) is 26.2 Å². The van der Waals surface area contributed by atoms with E-state index in [1.165, 1.54) is 0 Å². The number of carbonyl (C=O) groups excluding carboxylic acids is 1. The van der Waals surface area contributed by atoms with Crippen LogP contribution in [0.3, 0.4) is 0 Å². The standard InChI is InChI=1S/C13H25NO4/c1-3-13(16)18-14-9-6-5-7-11(14)12(8-10-15)17-4-2/h11-12,15H,3-10H2,1-2H3. The molecule has 0 aliphatic carbocycles. The zero-order chi connectivity index (χ0) is 13.4. The van der Waals surface area contributed by atoms with Crippen molar-refractivity contribution < 1.29 is 19.5 Å². The first-order valence-electron chi connectivity index (χ1n) is 6.92. The number of rotatable bonds is 7. The van der Waals surface area contributed by atoms with Crippen LogP contribution in [0.4, 0.5) is 0 Å². The van der Waals surface area contributed by atoms with Gasteiger partial charge >= 0.3 is 5.97 Å². The lowest BCUT2D eigenvalue weighted by Crippen LogP contribution is -2.48. The first-order valence-corrected chi connectivity index (χ1v) is 6.92. The fourth-order valence-electron chi connectivity index (χ4n) is 2.34. The molecule has 1 aliphatic heterocycles. The minimum Gasteiger partial charge on any atom is -0.396 e. The molecule has 5 nitrogen and oxygen atoms in total. The number of aliphatic hydroxyl groups excluding tert-OH is 1. The Morgan fingerprint density at radius 1 is 1.44 bits per heavy atom. The van der Waals surface area contributed by atoms with Crippen LogP contribution in [0.5, 0.6) is 0 Å². The van der Waals surface area contributed by atoms with E-state index < -0.39 is 0 Å². The molecule has 18 heavy (non-hydrogen) atoms. The summed E-state index contributed by atoms with van der Waals surface area (Å²) in [7, 11) is 0. The summed E-state index contributed by atoms with van der Waals surface area (Å²) in [5, 5.41) is 10.9. The smallest absolute Gasteiger partial charge is 0.324 e.